The molecule has 6 nitrogen and oxygen atoms in total. The first-order valence-corrected chi connectivity index (χ1v) is 7.47. The number of carbonyl (C=O) groups excluding carboxylic acids is 1. The molecule has 0 radical (unpaired) electrons. The van der Waals surface area contributed by atoms with E-state index in [1.54, 1.807) is 30.3 Å². The summed E-state index contributed by atoms with van der Waals surface area (Å²) in [6.07, 6.45) is 3.04. The summed E-state index contributed by atoms with van der Waals surface area (Å²) in [6, 6.07) is 8.28. The van der Waals surface area contributed by atoms with Gasteiger partial charge in [0.1, 0.15) is 5.76 Å². The van der Waals surface area contributed by atoms with Crippen LogP contribution in [0.2, 0.25) is 0 Å². The number of carbonyl (C=O) groups is 1. The molecule has 2 unspecified atom stereocenters. The number of methoxy groups -OCH3 is 1. The standard InChI is InChI=1S/C14H14O6S/c1-20-14(21(17,18)19)8-7-11(12(15)9-14)13(16)10-5-3-2-4-6-10/h2-9,11,15H,1H3,(H,17,18,19). The average Bonchev–Trinajstić information content (AvgIpc) is 2.46. The highest BCUT2D eigenvalue weighted by Gasteiger charge is 2.43. The molecule has 112 valence electrons. The van der Waals surface area contributed by atoms with E-state index < -0.39 is 26.7 Å². The van der Waals surface area contributed by atoms with Crippen molar-refractivity contribution in [2.45, 2.75) is 4.93 Å². The minimum absolute atomic E-state index is 0.379. The Labute approximate surface area is 122 Å². The number of hydrogen-bond acceptors (Lipinski definition) is 5. The minimum Gasteiger partial charge on any atom is -0.511 e. The van der Waals surface area contributed by atoms with E-state index >= 15 is 0 Å². The second kappa shape index (κ2) is 5.44. The molecule has 0 fully saturated rings. The number of aliphatic hydroxyl groups excluding tert-OH is 1. The van der Waals surface area contributed by atoms with Crippen molar-refractivity contribution in [2.24, 2.45) is 5.92 Å². The Hall–Kier alpha value is -1.96. The normalized spacial score (nSPS) is 25.4. The molecular formula is C14H14O6S. The Kier molecular flexibility index (Phi) is 3.99. The van der Waals surface area contributed by atoms with Crippen LogP contribution in [0, 0.1) is 5.92 Å². The predicted octanol–water partition coefficient (Wildman–Crippen LogP) is 1.73. The van der Waals surface area contributed by atoms with E-state index in [0.29, 0.717) is 5.56 Å². The summed E-state index contributed by atoms with van der Waals surface area (Å²) >= 11 is 0. The van der Waals surface area contributed by atoms with Gasteiger partial charge in [-0.25, -0.2) is 0 Å². The number of ketones is 1. The molecule has 0 spiro atoms. The second-order valence-electron chi connectivity index (χ2n) is 4.54. The molecule has 0 saturated carbocycles. The first-order valence-electron chi connectivity index (χ1n) is 6.03. The average molecular weight is 310 g/mol. The van der Waals surface area contributed by atoms with Gasteiger partial charge in [-0.3, -0.25) is 9.35 Å². The Balaban J connectivity index is 2.37. The molecule has 21 heavy (non-hydrogen) atoms. The van der Waals surface area contributed by atoms with Gasteiger partial charge in [-0.1, -0.05) is 36.4 Å². The van der Waals surface area contributed by atoms with Gasteiger partial charge < -0.3 is 9.84 Å². The van der Waals surface area contributed by atoms with Crippen LogP contribution in [0.3, 0.4) is 0 Å². The van der Waals surface area contributed by atoms with E-state index in [1.165, 1.54) is 6.08 Å². The quantitative estimate of drug-likeness (QED) is 0.499. The number of allylic oxidation sites excluding steroid dienone is 1. The molecule has 1 aliphatic carbocycles. The smallest absolute Gasteiger partial charge is 0.303 e. The highest BCUT2D eigenvalue weighted by molar-refractivity contribution is 7.87. The molecule has 0 aliphatic heterocycles. The van der Waals surface area contributed by atoms with E-state index in [-0.39, 0.29) is 5.78 Å². The third-order valence-electron chi connectivity index (χ3n) is 3.25. The first kappa shape index (κ1) is 15.4. The van der Waals surface area contributed by atoms with Crippen LogP contribution in [0.4, 0.5) is 0 Å². The maximum Gasteiger partial charge on any atom is 0.303 e. The molecule has 1 aromatic carbocycles. The van der Waals surface area contributed by atoms with Crippen molar-refractivity contribution in [2.75, 3.05) is 7.11 Å². The third-order valence-corrected chi connectivity index (χ3v) is 4.48. The van der Waals surface area contributed by atoms with Crippen molar-refractivity contribution >= 4 is 15.9 Å². The van der Waals surface area contributed by atoms with Gasteiger partial charge in [-0.2, -0.15) is 8.42 Å². The molecule has 2 atom stereocenters. The zero-order valence-corrected chi connectivity index (χ0v) is 11.9. The van der Waals surface area contributed by atoms with Crippen LogP contribution in [0.5, 0.6) is 0 Å². The van der Waals surface area contributed by atoms with Crippen molar-refractivity contribution in [3.8, 4) is 0 Å². The van der Waals surface area contributed by atoms with Gasteiger partial charge >= 0.3 is 10.1 Å². The van der Waals surface area contributed by atoms with Crippen molar-refractivity contribution in [3.05, 3.63) is 59.9 Å². The van der Waals surface area contributed by atoms with Gasteiger partial charge in [0.25, 0.3) is 0 Å². The fraction of sp³-hybridized carbons (Fsp3) is 0.214. The minimum atomic E-state index is -4.64. The highest BCUT2D eigenvalue weighted by Crippen LogP contribution is 2.31. The lowest BCUT2D eigenvalue weighted by Gasteiger charge is -2.27. The zero-order valence-electron chi connectivity index (χ0n) is 11.1. The van der Waals surface area contributed by atoms with Crippen LogP contribution in [0.1, 0.15) is 10.4 Å². The van der Waals surface area contributed by atoms with E-state index in [0.717, 1.165) is 19.3 Å². The van der Waals surface area contributed by atoms with Crippen molar-refractivity contribution < 1.29 is 27.6 Å². The van der Waals surface area contributed by atoms with Crippen LogP contribution >= 0.6 is 0 Å². The van der Waals surface area contributed by atoms with Gasteiger partial charge in [0.2, 0.25) is 4.93 Å². The third kappa shape index (κ3) is 2.76. The molecule has 0 saturated heterocycles. The first-order chi connectivity index (χ1) is 9.81. The van der Waals surface area contributed by atoms with E-state index in [9.17, 15) is 22.9 Å². The molecule has 1 aromatic rings. The zero-order chi connectivity index (χ0) is 15.7. The van der Waals surface area contributed by atoms with Crippen LogP contribution < -0.4 is 0 Å². The summed E-state index contributed by atoms with van der Waals surface area (Å²) in [5.41, 5.74) is 0.379. The SMILES string of the molecule is COC1(S(=O)(=O)O)C=CC(C(=O)c2ccccc2)C(O)=C1. The predicted molar refractivity (Wildman–Crippen MR) is 75.4 cm³/mol. The van der Waals surface area contributed by atoms with Gasteiger partial charge in [0, 0.05) is 18.7 Å². The van der Waals surface area contributed by atoms with Crippen molar-refractivity contribution in [1.29, 1.82) is 0 Å². The number of Topliss-reactive ketones (excluding diaryl/α,β-unsaturated/α-hetero) is 1. The molecule has 2 rings (SSSR count). The van der Waals surface area contributed by atoms with Gasteiger partial charge in [0.15, 0.2) is 5.78 Å². The number of benzene rings is 1. The van der Waals surface area contributed by atoms with E-state index in [1.807, 2.05) is 0 Å². The van der Waals surface area contributed by atoms with Crippen LogP contribution in [-0.4, -0.2) is 35.9 Å². The summed E-state index contributed by atoms with van der Waals surface area (Å²) in [5, 5.41) is 9.96. The fourth-order valence-electron chi connectivity index (χ4n) is 2.07. The van der Waals surface area contributed by atoms with Crippen LogP contribution in [0.25, 0.3) is 0 Å². The number of hydrogen-bond donors (Lipinski definition) is 2. The number of ether oxygens (including phenoxy) is 1. The Bertz CT molecular complexity index is 704. The molecule has 0 amide bonds. The summed E-state index contributed by atoms with van der Waals surface area (Å²) in [5.74, 6) is -1.90. The maximum atomic E-state index is 12.3. The second-order valence-corrected chi connectivity index (χ2v) is 6.13. The van der Waals surface area contributed by atoms with Crippen LogP contribution in [0.15, 0.2) is 54.3 Å². The summed E-state index contributed by atoms with van der Waals surface area (Å²) in [7, 11) is -3.57. The molecule has 7 heteroatoms. The van der Waals surface area contributed by atoms with Gasteiger partial charge in [-0.15, -0.1) is 0 Å². The lowest BCUT2D eigenvalue weighted by molar-refractivity contribution is 0.0916. The number of rotatable bonds is 4. The Morgan fingerprint density at radius 1 is 1.29 bits per heavy atom. The molecule has 0 bridgehead atoms. The molecule has 0 aromatic heterocycles. The molecule has 2 N–H and O–H groups in total. The Morgan fingerprint density at radius 3 is 2.38 bits per heavy atom. The van der Waals surface area contributed by atoms with Crippen molar-refractivity contribution in [3.63, 3.8) is 0 Å². The topological polar surface area (TPSA) is 101 Å². The summed E-state index contributed by atoms with van der Waals surface area (Å²) < 4.78 is 36.7. The number of aliphatic hydroxyl groups is 1. The molecule has 1 aliphatic rings. The van der Waals surface area contributed by atoms with Gasteiger partial charge in [0.05, 0.1) is 5.92 Å². The molecular weight excluding hydrogens is 296 g/mol. The maximum absolute atomic E-state index is 12.3. The Morgan fingerprint density at radius 2 is 1.90 bits per heavy atom. The summed E-state index contributed by atoms with van der Waals surface area (Å²) in [6.45, 7) is 0. The monoisotopic (exact) mass is 310 g/mol. The lowest BCUT2D eigenvalue weighted by Crippen LogP contribution is -2.39. The fourth-order valence-corrected chi connectivity index (χ4v) is 2.80. The van der Waals surface area contributed by atoms with Crippen LogP contribution in [-0.2, 0) is 14.9 Å². The summed E-state index contributed by atoms with van der Waals surface area (Å²) in [4.78, 5) is 10.1. The van der Waals surface area contributed by atoms with Crippen molar-refractivity contribution in [1.82, 2.24) is 0 Å². The molecule has 0 heterocycles. The van der Waals surface area contributed by atoms with E-state index in [2.05, 4.69) is 0 Å². The van der Waals surface area contributed by atoms with Gasteiger partial charge in [-0.05, 0) is 6.08 Å². The van der Waals surface area contributed by atoms with E-state index in [4.69, 9.17) is 4.74 Å². The highest BCUT2D eigenvalue weighted by atomic mass is 32.2. The lowest BCUT2D eigenvalue weighted by atomic mass is 9.91. The largest absolute Gasteiger partial charge is 0.511 e.